The smallest absolute Gasteiger partial charge is 0.193 e. The standard InChI is InChI=1S/C18H21F2N3O.HI/c1-12(2)24-16-6-4-15(5-7-16)23-18(21)22-10-9-13-11-14(19)3-8-17(13)20;/h3-8,11-12H,9-10H2,1-2H3,(H3,21,22,23);1H. The van der Waals surface area contributed by atoms with Crippen molar-refractivity contribution in [3.8, 4) is 5.75 Å². The van der Waals surface area contributed by atoms with Gasteiger partial charge >= 0.3 is 0 Å². The third-order valence-corrected chi connectivity index (χ3v) is 3.17. The lowest BCUT2D eigenvalue weighted by molar-refractivity contribution is 0.242. The lowest BCUT2D eigenvalue weighted by Gasteiger charge is -2.11. The molecule has 136 valence electrons. The maximum absolute atomic E-state index is 13.5. The van der Waals surface area contributed by atoms with Gasteiger partial charge in [-0.3, -0.25) is 4.99 Å². The summed E-state index contributed by atoms with van der Waals surface area (Å²) in [6.07, 6.45) is 0.381. The average Bonchev–Trinajstić information content (AvgIpc) is 2.52. The van der Waals surface area contributed by atoms with Crippen molar-refractivity contribution in [2.75, 3.05) is 11.9 Å². The zero-order chi connectivity index (χ0) is 17.5. The van der Waals surface area contributed by atoms with Crippen molar-refractivity contribution in [2.24, 2.45) is 10.7 Å². The molecule has 0 saturated heterocycles. The van der Waals surface area contributed by atoms with Crippen LogP contribution in [0, 0.1) is 11.6 Å². The first-order chi connectivity index (χ1) is 11.4. The van der Waals surface area contributed by atoms with E-state index in [1.807, 2.05) is 38.1 Å². The van der Waals surface area contributed by atoms with Crippen molar-refractivity contribution in [3.63, 3.8) is 0 Å². The van der Waals surface area contributed by atoms with Gasteiger partial charge in [0.05, 0.1) is 6.10 Å². The summed E-state index contributed by atoms with van der Waals surface area (Å²) < 4.78 is 32.1. The summed E-state index contributed by atoms with van der Waals surface area (Å²) in [6.45, 7) is 4.17. The maximum atomic E-state index is 13.5. The average molecular weight is 461 g/mol. The first-order valence-corrected chi connectivity index (χ1v) is 7.71. The molecule has 0 aliphatic heterocycles. The zero-order valence-electron chi connectivity index (χ0n) is 14.1. The van der Waals surface area contributed by atoms with Crippen LogP contribution in [0.1, 0.15) is 19.4 Å². The van der Waals surface area contributed by atoms with Crippen LogP contribution in [0.5, 0.6) is 5.75 Å². The molecule has 2 aromatic carbocycles. The Morgan fingerprint density at radius 1 is 1.16 bits per heavy atom. The van der Waals surface area contributed by atoms with Crippen LogP contribution >= 0.6 is 24.0 Å². The summed E-state index contributed by atoms with van der Waals surface area (Å²) in [5.74, 6) is 0.0704. The summed E-state index contributed by atoms with van der Waals surface area (Å²) >= 11 is 0. The molecule has 0 heterocycles. The van der Waals surface area contributed by atoms with Gasteiger partial charge in [-0.15, -0.1) is 24.0 Å². The Hall–Kier alpha value is -1.90. The molecule has 25 heavy (non-hydrogen) atoms. The highest BCUT2D eigenvalue weighted by molar-refractivity contribution is 14.0. The Morgan fingerprint density at radius 2 is 1.84 bits per heavy atom. The van der Waals surface area contributed by atoms with Crippen LogP contribution in [0.3, 0.4) is 0 Å². The monoisotopic (exact) mass is 461 g/mol. The van der Waals surface area contributed by atoms with Crippen molar-refractivity contribution >= 4 is 35.6 Å². The van der Waals surface area contributed by atoms with Crippen molar-refractivity contribution in [1.29, 1.82) is 0 Å². The molecule has 0 aromatic heterocycles. The molecule has 0 saturated carbocycles. The van der Waals surface area contributed by atoms with E-state index in [2.05, 4.69) is 10.3 Å². The van der Waals surface area contributed by atoms with Gasteiger partial charge in [0, 0.05) is 12.2 Å². The van der Waals surface area contributed by atoms with Crippen LogP contribution in [-0.4, -0.2) is 18.6 Å². The van der Waals surface area contributed by atoms with Gasteiger partial charge in [-0.1, -0.05) is 0 Å². The fraction of sp³-hybridized carbons (Fsp3) is 0.278. The molecule has 0 amide bonds. The predicted molar refractivity (Wildman–Crippen MR) is 108 cm³/mol. The van der Waals surface area contributed by atoms with Crippen molar-refractivity contribution < 1.29 is 13.5 Å². The van der Waals surface area contributed by atoms with E-state index in [-0.39, 0.29) is 54.6 Å². The number of anilines is 1. The number of halogens is 3. The molecule has 0 spiro atoms. The van der Waals surface area contributed by atoms with Crippen molar-refractivity contribution in [1.82, 2.24) is 0 Å². The third kappa shape index (κ3) is 7.25. The van der Waals surface area contributed by atoms with E-state index in [9.17, 15) is 8.78 Å². The molecule has 0 aliphatic carbocycles. The molecule has 7 heteroatoms. The Balaban J connectivity index is 0.00000312. The molecule has 0 atom stereocenters. The van der Waals surface area contributed by atoms with Gasteiger partial charge in [-0.25, -0.2) is 8.78 Å². The second-order valence-electron chi connectivity index (χ2n) is 5.57. The first kappa shape index (κ1) is 21.1. The molecule has 0 unspecified atom stereocenters. The zero-order valence-corrected chi connectivity index (χ0v) is 16.5. The van der Waals surface area contributed by atoms with E-state index < -0.39 is 11.6 Å². The van der Waals surface area contributed by atoms with Crippen LogP contribution < -0.4 is 15.8 Å². The highest BCUT2D eigenvalue weighted by Crippen LogP contribution is 2.16. The number of aliphatic imine (C=N–C) groups is 1. The lowest BCUT2D eigenvalue weighted by Crippen LogP contribution is -2.23. The molecule has 0 fully saturated rings. The van der Waals surface area contributed by atoms with Gasteiger partial charge in [0.25, 0.3) is 0 Å². The molecule has 0 aliphatic rings. The fourth-order valence-electron chi connectivity index (χ4n) is 2.11. The molecule has 2 aromatic rings. The van der Waals surface area contributed by atoms with E-state index in [4.69, 9.17) is 10.5 Å². The summed E-state index contributed by atoms with van der Waals surface area (Å²) in [7, 11) is 0. The summed E-state index contributed by atoms with van der Waals surface area (Å²) in [6, 6.07) is 10.7. The molecule has 3 N–H and O–H groups in total. The number of nitrogens with one attached hydrogen (secondary N) is 1. The minimum Gasteiger partial charge on any atom is -0.491 e. The van der Waals surface area contributed by atoms with Gasteiger partial charge in [-0.05, 0) is 68.3 Å². The number of rotatable bonds is 6. The molecular formula is C18H22F2IN3O. The maximum Gasteiger partial charge on any atom is 0.193 e. The predicted octanol–water partition coefficient (Wildman–Crippen LogP) is 4.34. The van der Waals surface area contributed by atoms with Crippen LogP contribution in [0.2, 0.25) is 0 Å². The van der Waals surface area contributed by atoms with E-state index in [1.165, 1.54) is 6.07 Å². The Labute approximate surface area is 163 Å². The van der Waals surface area contributed by atoms with Gasteiger partial charge in [0.15, 0.2) is 5.96 Å². The number of nitrogens with two attached hydrogens (primary N) is 1. The number of benzene rings is 2. The Bertz CT molecular complexity index is 706. The summed E-state index contributed by atoms with van der Waals surface area (Å²) in [5, 5.41) is 2.94. The van der Waals surface area contributed by atoms with Crippen LogP contribution in [0.25, 0.3) is 0 Å². The van der Waals surface area contributed by atoms with Crippen LogP contribution in [0.4, 0.5) is 14.5 Å². The first-order valence-electron chi connectivity index (χ1n) is 7.71. The Kier molecular flexibility index (Phi) is 8.60. The Morgan fingerprint density at radius 3 is 2.48 bits per heavy atom. The molecular weight excluding hydrogens is 439 g/mol. The number of nitrogens with zero attached hydrogens (tertiary/aromatic N) is 1. The normalized spacial score (nSPS) is 11.2. The van der Waals surface area contributed by atoms with E-state index in [1.54, 1.807) is 0 Å². The quantitative estimate of drug-likeness (QED) is 0.383. The molecule has 0 bridgehead atoms. The highest BCUT2D eigenvalue weighted by atomic mass is 127. The number of hydrogen-bond donors (Lipinski definition) is 2. The minimum atomic E-state index is -0.467. The molecule has 2 rings (SSSR count). The fourth-order valence-corrected chi connectivity index (χ4v) is 2.11. The second kappa shape index (κ2) is 10.2. The van der Waals surface area contributed by atoms with E-state index in [0.29, 0.717) is 0 Å². The largest absolute Gasteiger partial charge is 0.491 e. The topological polar surface area (TPSA) is 59.6 Å². The minimum absolute atomic E-state index is 0. The van der Waals surface area contributed by atoms with Gasteiger partial charge in [0.1, 0.15) is 17.4 Å². The van der Waals surface area contributed by atoms with Crippen LogP contribution in [-0.2, 0) is 6.42 Å². The lowest BCUT2D eigenvalue weighted by atomic mass is 10.1. The van der Waals surface area contributed by atoms with Crippen LogP contribution in [0.15, 0.2) is 47.5 Å². The third-order valence-electron chi connectivity index (χ3n) is 3.17. The number of hydrogen-bond acceptors (Lipinski definition) is 2. The molecule has 0 radical (unpaired) electrons. The van der Waals surface area contributed by atoms with Gasteiger partial charge in [0.2, 0.25) is 0 Å². The van der Waals surface area contributed by atoms with E-state index in [0.717, 1.165) is 23.6 Å². The van der Waals surface area contributed by atoms with Crippen molar-refractivity contribution in [3.05, 3.63) is 59.7 Å². The summed E-state index contributed by atoms with van der Waals surface area (Å²) in [4.78, 5) is 4.12. The molecule has 4 nitrogen and oxygen atoms in total. The SMILES string of the molecule is CC(C)Oc1ccc(NC(N)=NCCc2cc(F)ccc2F)cc1.I. The van der Waals surface area contributed by atoms with Gasteiger partial charge in [-0.2, -0.15) is 0 Å². The number of ether oxygens (including phenoxy) is 1. The number of guanidine groups is 1. The second-order valence-corrected chi connectivity index (χ2v) is 5.57. The van der Waals surface area contributed by atoms with Crippen molar-refractivity contribution in [2.45, 2.75) is 26.4 Å². The van der Waals surface area contributed by atoms with Gasteiger partial charge < -0.3 is 15.8 Å². The highest BCUT2D eigenvalue weighted by Gasteiger charge is 2.04. The summed E-state index contributed by atoms with van der Waals surface area (Å²) in [5.41, 5.74) is 6.84. The van der Waals surface area contributed by atoms with E-state index >= 15 is 0 Å².